The van der Waals surface area contributed by atoms with Crippen molar-refractivity contribution in [3.05, 3.63) is 40.7 Å². The quantitative estimate of drug-likeness (QED) is 0.727. The van der Waals surface area contributed by atoms with Gasteiger partial charge in [0.1, 0.15) is 0 Å². The fourth-order valence-electron chi connectivity index (χ4n) is 3.28. The zero-order valence-electron chi connectivity index (χ0n) is 15.6. The maximum atomic E-state index is 6.14. The lowest BCUT2D eigenvalue weighted by atomic mass is 10.3. The second-order valence-corrected chi connectivity index (χ2v) is 7.18. The number of hydrogen-bond acceptors (Lipinski definition) is 6. The smallest absolute Gasteiger partial charge is 0.197 e. The topological polar surface area (TPSA) is 68.1 Å². The Bertz CT molecular complexity index is 951. The molecule has 7 nitrogen and oxygen atoms in total. The Morgan fingerprint density at radius 1 is 1.11 bits per heavy atom. The summed E-state index contributed by atoms with van der Waals surface area (Å²) in [6.07, 6.45) is 0. The third kappa shape index (κ3) is 4.05. The van der Waals surface area contributed by atoms with Gasteiger partial charge in [0.15, 0.2) is 11.6 Å². The number of nitrogens with one attached hydrogen (secondary N) is 1. The highest BCUT2D eigenvalue weighted by Gasteiger charge is 2.15. The standard InChI is InChI=1S/C19H23ClN6O/c1-13-11-14(2)26(24-13)19-18(21-5-6-25-7-9-27-10-8-25)22-16-4-3-15(20)12-17(16)23-19/h3-4,11-12H,5-10H2,1-2H3,(H,21,22). The summed E-state index contributed by atoms with van der Waals surface area (Å²) in [4.78, 5) is 12.0. The van der Waals surface area contributed by atoms with Gasteiger partial charge in [-0.1, -0.05) is 11.6 Å². The molecule has 27 heavy (non-hydrogen) atoms. The Balaban J connectivity index is 1.65. The van der Waals surface area contributed by atoms with Gasteiger partial charge in [-0.15, -0.1) is 0 Å². The fraction of sp³-hybridized carbons (Fsp3) is 0.421. The molecule has 8 heteroatoms. The summed E-state index contributed by atoms with van der Waals surface area (Å²) in [6, 6.07) is 7.58. The van der Waals surface area contributed by atoms with Crippen LogP contribution in [0.25, 0.3) is 16.9 Å². The number of anilines is 1. The lowest BCUT2D eigenvalue weighted by Gasteiger charge is -2.26. The largest absolute Gasteiger partial charge is 0.379 e. The summed E-state index contributed by atoms with van der Waals surface area (Å²) >= 11 is 6.14. The molecule has 0 radical (unpaired) electrons. The second kappa shape index (κ2) is 7.80. The van der Waals surface area contributed by atoms with Crippen molar-refractivity contribution in [2.75, 3.05) is 44.7 Å². The summed E-state index contributed by atoms with van der Waals surface area (Å²) < 4.78 is 7.24. The Hall–Kier alpha value is -2.22. The molecule has 142 valence electrons. The predicted molar refractivity (Wildman–Crippen MR) is 107 cm³/mol. The van der Waals surface area contributed by atoms with Crippen molar-refractivity contribution in [1.82, 2.24) is 24.6 Å². The third-order valence-electron chi connectivity index (χ3n) is 4.64. The van der Waals surface area contributed by atoms with Crippen LogP contribution in [0, 0.1) is 13.8 Å². The molecule has 3 heterocycles. The van der Waals surface area contributed by atoms with E-state index in [0.29, 0.717) is 10.8 Å². The predicted octanol–water partition coefficient (Wildman–Crippen LogP) is 2.83. The number of rotatable bonds is 5. The van der Waals surface area contributed by atoms with Gasteiger partial charge in [-0.05, 0) is 38.1 Å². The number of morpholine rings is 1. The zero-order chi connectivity index (χ0) is 18.8. The highest BCUT2D eigenvalue weighted by atomic mass is 35.5. The van der Waals surface area contributed by atoms with Crippen LogP contribution < -0.4 is 5.32 Å². The van der Waals surface area contributed by atoms with E-state index < -0.39 is 0 Å². The van der Waals surface area contributed by atoms with Crippen LogP contribution in [-0.4, -0.2) is 64.0 Å². The van der Waals surface area contributed by atoms with Crippen molar-refractivity contribution in [1.29, 1.82) is 0 Å². The minimum Gasteiger partial charge on any atom is -0.379 e. The molecule has 1 aromatic carbocycles. The monoisotopic (exact) mass is 386 g/mol. The Morgan fingerprint density at radius 3 is 2.67 bits per heavy atom. The van der Waals surface area contributed by atoms with E-state index in [0.717, 1.165) is 67.6 Å². The van der Waals surface area contributed by atoms with Crippen LogP contribution in [0.15, 0.2) is 24.3 Å². The maximum absolute atomic E-state index is 6.14. The molecule has 0 bridgehead atoms. The molecular formula is C19H23ClN6O. The number of halogens is 1. The molecular weight excluding hydrogens is 364 g/mol. The van der Waals surface area contributed by atoms with E-state index in [1.165, 1.54) is 0 Å². The number of benzene rings is 1. The minimum atomic E-state index is 0.643. The second-order valence-electron chi connectivity index (χ2n) is 6.75. The molecule has 1 aliphatic heterocycles. The van der Waals surface area contributed by atoms with Crippen LogP contribution in [0.3, 0.4) is 0 Å². The highest BCUT2D eigenvalue weighted by molar-refractivity contribution is 6.31. The number of nitrogens with zero attached hydrogens (tertiary/aromatic N) is 5. The van der Waals surface area contributed by atoms with Gasteiger partial charge in [-0.2, -0.15) is 5.10 Å². The van der Waals surface area contributed by atoms with Crippen LogP contribution >= 0.6 is 11.6 Å². The van der Waals surface area contributed by atoms with Crippen LogP contribution in [0.5, 0.6) is 0 Å². The van der Waals surface area contributed by atoms with E-state index in [9.17, 15) is 0 Å². The van der Waals surface area contributed by atoms with Crippen molar-refractivity contribution in [2.45, 2.75) is 13.8 Å². The van der Waals surface area contributed by atoms with E-state index in [2.05, 4.69) is 15.3 Å². The van der Waals surface area contributed by atoms with Crippen LogP contribution in [0.4, 0.5) is 5.82 Å². The molecule has 3 aromatic rings. The van der Waals surface area contributed by atoms with Crippen molar-refractivity contribution < 1.29 is 4.74 Å². The summed E-state index contributed by atoms with van der Waals surface area (Å²) in [6.45, 7) is 9.23. The third-order valence-corrected chi connectivity index (χ3v) is 4.88. The van der Waals surface area contributed by atoms with Crippen molar-refractivity contribution >= 4 is 28.5 Å². The Morgan fingerprint density at radius 2 is 1.93 bits per heavy atom. The molecule has 0 aliphatic carbocycles. The van der Waals surface area contributed by atoms with Crippen LogP contribution in [0.1, 0.15) is 11.4 Å². The average Bonchev–Trinajstić information content (AvgIpc) is 3.00. The van der Waals surface area contributed by atoms with Gasteiger partial charge in [-0.3, -0.25) is 4.90 Å². The lowest BCUT2D eigenvalue weighted by molar-refractivity contribution is 0.0398. The number of hydrogen-bond donors (Lipinski definition) is 1. The van der Waals surface area contributed by atoms with Gasteiger partial charge in [0, 0.05) is 36.9 Å². The number of aryl methyl sites for hydroxylation is 2. The van der Waals surface area contributed by atoms with Crippen LogP contribution in [0.2, 0.25) is 5.02 Å². The molecule has 0 atom stereocenters. The minimum absolute atomic E-state index is 0.643. The highest BCUT2D eigenvalue weighted by Crippen LogP contribution is 2.24. The Kier molecular flexibility index (Phi) is 5.24. The first-order valence-corrected chi connectivity index (χ1v) is 9.53. The number of fused-ring (bicyclic) bond motifs is 1. The fourth-order valence-corrected chi connectivity index (χ4v) is 3.45. The van der Waals surface area contributed by atoms with Gasteiger partial charge in [0.2, 0.25) is 0 Å². The summed E-state index contributed by atoms with van der Waals surface area (Å²) in [5.74, 6) is 1.42. The van der Waals surface area contributed by atoms with E-state index >= 15 is 0 Å². The van der Waals surface area contributed by atoms with E-state index in [4.69, 9.17) is 26.3 Å². The molecule has 1 aliphatic rings. The van der Waals surface area contributed by atoms with Crippen molar-refractivity contribution in [3.8, 4) is 5.82 Å². The van der Waals surface area contributed by atoms with Crippen molar-refractivity contribution in [3.63, 3.8) is 0 Å². The average molecular weight is 387 g/mol. The Labute approximate surface area is 163 Å². The number of ether oxygens (including phenoxy) is 1. The molecule has 2 aromatic heterocycles. The van der Waals surface area contributed by atoms with E-state index in [1.54, 1.807) is 0 Å². The summed E-state index contributed by atoms with van der Waals surface area (Å²) in [5, 5.41) is 8.68. The zero-order valence-corrected chi connectivity index (χ0v) is 16.3. The first-order chi connectivity index (χ1) is 13.1. The molecule has 0 saturated carbocycles. The summed E-state index contributed by atoms with van der Waals surface area (Å²) in [7, 11) is 0. The van der Waals surface area contributed by atoms with Gasteiger partial charge < -0.3 is 10.1 Å². The molecule has 4 rings (SSSR count). The van der Waals surface area contributed by atoms with E-state index in [-0.39, 0.29) is 0 Å². The van der Waals surface area contributed by atoms with Gasteiger partial charge in [-0.25, -0.2) is 14.6 Å². The SMILES string of the molecule is Cc1cc(C)n(-c2nc3cc(Cl)ccc3nc2NCCN2CCOCC2)n1. The number of aromatic nitrogens is 4. The van der Waals surface area contributed by atoms with Gasteiger partial charge in [0.25, 0.3) is 0 Å². The molecule has 1 saturated heterocycles. The normalized spacial score (nSPS) is 15.4. The molecule has 0 amide bonds. The van der Waals surface area contributed by atoms with Crippen molar-refractivity contribution in [2.24, 2.45) is 0 Å². The molecule has 0 unspecified atom stereocenters. The van der Waals surface area contributed by atoms with Crippen LogP contribution in [-0.2, 0) is 4.74 Å². The van der Waals surface area contributed by atoms with E-state index in [1.807, 2.05) is 42.8 Å². The maximum Gasteiger partial charge on any atom is 0.197 e. The van der Waals surface area contributed by atoms with Gasteiger partial charge in [0.05, 0.1) is 29.9 Å². The molecule has 1 fully saturated rings. The molecule has 0 spiro atoms. The summed E-state index contributed by atoms with van der Waals surface area (Å²) in [5.41, 5.74) is 3.52. The first-order valence-electron chi connectivity index (χ1n) is 9.15. The van der Waals surface area contributed by atoms with Gasteiger partial charge >= 0.3 is 0 Å². The molecule has 1 N–H and O–H groups in total. The lowest BCUT2D eigenvalue weighted by Crippen LogP contribution is -2.39. The first kappa shape index (κ1) is 18.2.